The molecule has 0 saturated heterocycles. The third kappa shape index (κ3) is 2.65. The van der Waals surface area contributed by atoms with Gasteiger partial charge in [-0.3, -0.25) is 9.59 Å². The number of Topliss-reactive ketones (excluding diaryl/α,β-unsaturated/α-hetero) is 1. The van der Waals surface area contributed by atoms with Gasteiger partial charge < -0.3 is 9.84 Å². The van der Waals surface area contributed by atoms with Crippen molar-refractivity contribution in [2.45, 2.75) is 85.0 Å². The lowest BCUT2D eigenvalue weighted by atomic mass is 9.40. The largest absolute Gasteiger partial charge is 0.465 e. The van der Waals surface area contributed by atoms with Crippen LogP contribution in [0.1, 0.15) is 85.0 Å². The SMILES string of the molecule is CC12CCC[C@@](C)(C(=O)OCCCO)[C@H]1CCC13CC(=O)[C@@](C)(CC[C@H]12)C3. The van der Waals surface area contributed by atoms with E-state index in [4.69, 9.17) is 9.84 Å². The van der Waals surface area contributed by atoms with E-state index in [0.29, 0.717) is 30.6 Å². The van der Waals surface area contributed by atoms with Gasteiger partial charge in [0.25, 0.3) is 0 Å². The normalized spacial score (nSPS) is 48.7. The third-order valence-corrected chi connectivity index (χ3v) is 9.36. The van der Waals surface area contributed by atoms with E-state index in [9.17, 15) is 9.59 Å². The summed E-state index contributed by atoms with van der Waals surface area (Å²) in [4.78, 5) is 25.8. The number of hydrogen-bond acceptors (Lipinski definition) is 4. The number of aliphatic hydroxyl groups excluding tert-OH is 1. The van der Waals surface area contributed by atoms with Gasteiger partial charge in [-0.1, -0.05) is 20.3 Å². The van der Waals surface area contributed by atoms with Crippen LogP contribution in [0.2, 0.25) is 0 Å². The first kappa shape index (κ1) is 19.4. The molecule has 0 aromatic heterocycles. The van der Waals surface area contributed by atoms with Gasteiger partial charge in [0, 0.05) is 24.9 Å². The fourth-order valence-corrected chi connectivity index (χ4v) is 8.14. The van der Waals surface area contributed by atoms with E-state index < -0.39 is 5.41 Å². The second-order valence-corrected chi connectivity index (χ2v) is 10.9. The molecule has 6 atom stereocenters. The molecule has 1 N–H and O–H groups in total. The molecule has 2 bridgehead atoms. The van der Waals surface area contributed by atoms with Crippen LogP contribution in [0, 0.1) is 33.5 Å². The van der Waals surface area contributed by atoms with Gasteiger partial charge in [0.15, 0.2) is 0 Å². The van der Waals surface area contributed by atoms with Gasteiger partial charge in [-0.2, -0.15) is 0 Å². The summed E-state index contributed by atoms with van der Waals surface area (Å²) in [6.07, 6.45) is 9.81. The van der Waals surface area contributed by atoms with Gasteiger partial charge in [-0.05, 0) is 74.5 Å². The Bertz CT molecular complexity index is 644. The Morgan fingerprint density at radius 3 is 2.59 bits per heavy atom. The van der Waals surface area contributed by atoms with Crippen LogP contribution in [0.3, 0.4) is 0 Å². The van der Waals surface area contributed by atoms with E-state index in [0.717, 1.165) is 51.4 Å². The monoisotopic (exact) mass is 376 g/mol. The number of ketones is 1. The van der Waals surface area contributed by atoms with Gasteiger partial charge in [0.2, 0.25) is 0 Å². The van der Waals surface area contributed by atoms with E-state index in [1.165, 1.54) is 6.42 Å². The molecule has 27 heavy (non-hydrogen) atoms. The van der Waals surface area contributed by atoms with Crippen molar-refractivity contribution in [3.8, 4) is 0 Å². The standard InChI is InChI=1S/C23H36O4/c1-20-10-6-17-21(2)8-4-9-22(3,19(26)27-13-5-12-24)16(21)7-11-23(17,15-20)14-18(20)25/h16-17,24H,4-15H2,1-3H3/t16-,17-,20-,21?,22+,23?/m0/s1. The Labute approximate surface area is 163 Å². The van der Waals surface area contributed by atoms with Crippen LogP contribution in [0.5, 0.6) is 0 Å². The summed E-state index contributed by atoms with van der Waals surface area (Å²) < 4.78 is 5.59. The summed E-state index contributed by atoms with van der Waals surface area (Å²) in [6, 6.07) is 0. The van der Waals surface area contributed by atoms with Crippen LogP contribution in [0.4, 0.5) is 0 Å². The molecule has 0 aliphatic heterocycles. The molecule has 4 aliphatic rings. The van der Waals surface area contributed by atoms with E-state index >= 15 is 0 Å². The molecule has 2 unspecified atom stereocenters. The molecule has 4 heteroatoms. The maximum Gasteiger partial charge on any atom is 0.312 e. The maximum atomic E-state index is 13.1. The van der Waals surface area contributed by atoms with E-state index in [-0.39, 0.29) is 28.8 Å². The van der Waals surface area contributed by atoms with E-state index in [1.54, 1.807) is 0 Å². The predicted molar refractivity (Wildman–Crippen MR) is 103 cm³/mol. The number of hydrogen-bond donors (Lipinski definition) is 1. The zero-order chi connectivity index (χ0) is 19.5. The summed E-state index contributed by atoms with van der Waals surface area (Å²) >= 11 is 0. The summed E-state index contributed by atoms with van der Waals surface area (Å²) in [7, 11) is 0. The number of rotatable bonds is 4. The molecule has 4 fully saturated rings. The molecule has 152 valence electrons. The Kier molecular flexibility index (Phi) is 4.53. The molecule has 0 aromatic carbocycles. The fourth-order valence-electron chi connectivity index (χ4n) is 8.14. The highest BCUT2D eigenvalue weighted by atomic mass is 16.5. The number of fused-ring (bicyclic) bond motifs is 3. The Balaban J connectivity index is 1.62. The van der Waals surface area contributed by atoms with Gasteiger partial charge in [0.1, 0.15) is 5.78 Å². The van der Waals surface area contributed by atoms with Gasteiger partial charge in [-0.15, -0.1) is 0 Å². The van der Waals surface area contributed by atoms with Crippen molar-refractivity contribution >= 4 is 11.8 Å². The minimum Gasteiger partial charge on any atom is -0.465 e. The zero-order valence-corrected chi connectivity index (χ0v) is 17.3. The maximum absolute atomic E-state index is 13.1. The van der Waals surface area contributed by atoms with Gasteiger partial charge in [-0.25, -0.2) is 0 Å². The predicted octanol–water partition coefficient (Wildman–Crippen LogP) is 4.28. The quantitative estimate of drug-likeness (QED) is 0.587. The summed E-state index contributed by atoms with van der Waals surface area (Å²) in [5.74, 6) is 1.34. The molecule has 4 aliphatic carbocycles. The van der Waals surface area contributed by atoms with Crippen LogP contribution in [-0.4, -0.2) is 30.1 Å². The molecule has 0 heterocycles. The Hall–Kier alpha value is -0.900. The summed E-state index contributed by atoms with van der Waals surface area (Å²) in [5, 5.41) is 8.99. The summed E-state index contributed by atoms with van der Waals surface area (Å²) in [6.45, 7) is 7.11. The van der Waals surface area contributed by atoms with Crippen LogP contribution in [0.15, 0.2) is 0 Å². The zero-order valence-electron chi connectivity index (χ0n) is 17.3. The van der Waals surface area contributed by atoms with Crippen LogP contribution in [0.25, 0.3) is 0 Å². The lowest BCUT2D eigenvalue weighted by molar-refractivity contribution is -0.188. The number of carbonyl (C=O) groups is 2. The van der Waals surface area contributed by atoms with Crippen molar-refractivity contribution in [3.63, 3.8) is 0 Å². The molecule has 1 spiro atoms. The van der Waals surface area contributed by atoms with E-state index in [2.05, 4.69) is 20.8 Å². The van der Waals surface area contributed by atoms with Crippen LogP contribution < -0.4 is 0 Å². The van der Waals surface area contributed by atoms with Crippen molar-refractivity contribution in [2.75, 3.05) is 13.2 Å². The number of esters is 1. The van der Waals surface area contributed by atoms with E-state index in [1.807, 2.05) is 0 Å². The smallest absolute Gasteiger partial charge is 0.312 e. The number of ether oxygens (including phenoxy) is 1. The minimum absolute atomic E-state index is 0.0581. The molecule has 4 rings (SSSR count). The number of carbonyl (C=O) groups excluding carboxylic acids is 2. The highest BCUT2D eigenvalue weighted by Gasteiger charge is 2.68. The lowest BCUT2D eigenvalue weighted by Crippen LogP contribution is -2.58. The molecule has 0 radical (unpaired) electrons. The first-order valence-electron chi connectivity index (χ1n) is 11.0. The first-order valence-corrected chi connectivity index (χ1v) is 11.0. The second kappa shape index (κ2) is 6.30. The van der Waals surface area contributed by atoms with Crippen molar-refractivity contribution in [3.05, 3.63) is 0 Å². The average molecular weight is 377 g/mol. The molecule has 0 amide bonds. The van der Waals surface area contributed by atoms with Gasteiger partial charge in [0.05, 0.1) is 12.0 Å². The molecule has 4 nitrogen and oxygen atoms in total. The van der Waals surface area contributed by atoms with Crippen LogP contribution >= 0.6 is 0 Å². The lowest BCUT2D eigenvalue weighted by Gasteiger charge is -2.63. The fraction of sp³-hybridized carbons (Fsp3) is 0.913. The molecule has 0 aromatic rings. The number of aliphatic hydroxyl groups is 1. The van der Waals surface area contributed by atoms with Crippen molar-refractivity contribution in [1.29, 1.82) is 0 Å². The van der Waals surface area contributed by atoms with Crippen LogP contribution in [-0.2, 0) is 14.3 Å². The molecular formula is C23H36O4. The molecular weight excluding hydrogens is 340 g/mol. The topological polar surface area (TPSA) is 63.6 Å². The molecule has 4 saturated carbocycles. The Morgan fingerprint density at radius 1 is 1.11 bits per heavy atom. The van der Waals surface area contributed by atoms with Crippen molar-refractivity contribution in [2.24, 2.45) is 33.5 Å². The highest BCUT2D eigenvalue weighted by molar-refractivity contribution is 5.88. The van der Waals surface area contributed by atoms with Crippen molar-refractivity contribution < 1.29 is 19.4 Å². The third-order valence-electron chi connectivity index (χ3n) is 9.36. The minimum atomic E-state index is -0.423. The first-order chi connectivity index (χ1) is 12.7. The Morgan fingerprint density at radius 2 is 1.85 bits per heavy atom. The van der Waals surface area contributed by atoms with Gasteiger partial charge >= 0.3 is 5.97 Å². The highest BCUT2D eigenvalue weighted by Crippen LogP contribution is 2.73. The average Bonchev–Trinajstić information content (AvgIpc) is 2.79. The van der Waals surface area contributed by atoms with Crippen molar-refractivity contribution in [1.82, 2.24) is 0 Å². The summed E-state index contributed by atoms with van der Waals surface area (Å²) in [5.41, 5.74) is -0.185. The second-order valence-electron chi connectivity index (χ2n) is 10.9.